The van der Waals surface area contributed by atoms with Gasteiger partial charge in [-0.15, -0.1) is 0 Å². The Morgan fingerprint density at radius 1 is 1.14 bits per heavy atom. The molecule has 1 N–H and O–H groups in total. The molecule has 2 heterocycles. The highest BCUT2D eigenvalue weighted by Gasteiger charge is 2.38. The van der Waals surface area contributed by atoms with Gasteiger partial charge in [-0.1, -0.05) is 36.9 Å². The lowest BCUT2D eigenvalue weighted by Crippen LogP contribution is -2.48. The van der Waals surface area contributed by atoms with Crippen LogP contribution in [0.5, 0.6) is 0 Å². The Morgan fingerprint density at radius 3 is 2.51 bits per heavy atom. The number of carbonyl (C=O) groups is 2. The van der Waals surface area contributed by atoms with E-state index in [0.717, 1.165) is 44.2 Å². The number of nitrogens with one attached hydrogen (secondary N) is 1. The molecule has 2 fully saturated rings. The first-order chi connectivity index (χ1) is 16.9. The highest BCUT2D eigenvalue weighted by atomic mass is 16.6. The molecule has 0 unspecified atom stereocenters. The number of benzene rings is 1. The number of hydrogen-bond acceptors (Lipinski definition) is 8. The summed E-state index contributed by atoms with van der Waals surface area (Å²) in [5.41, 5.74) is 0.247. The van der Waals surface area contributed by atoms with Gasteiger partial charge >= 0.3 is 0 Å². The minimum atomic E-state index is -0.600. The zero-order chi connectivity index (χ0) is 24.8. The van der Waals surface area contributed by atoms with Crippen LogP contribution in [0.15, 0.2) is 28.8 Å². The molecule has 0 atom stereocenters. The maximum atomic E-state index is 12.8. The lowest BCUT2D eigenvalue weighted by atomic mass is 9.89. The summed E-state index contributed by atoms with van der Waals surface area (Å²) in [6, 6.07) is 6.56. The molecule has 1 aliphatic heterocycles. The third-order valence-corrected chi connectivity index (χ3v) is 6.86. The number of hydrogen-bond donors (Lipinski definition) is 1. The van der Waals surface area contributed by atoms with Crippen LogP contribution in [-0.4, -0.2) is 58.0 Å². The quantitative estimate of drug-likeness (QED) is 0.360. The molecule has 11 heteroatoms. The topological polar surface area (TPSA) is 135 Å². The van der Waals surface area contributed by atoms with Gasteiger partial charge in [0, 0.05) is 63.8 Å². The van der Waals surface area contributed by atoms with E-state index in [1.807, 2.05) is 6.07 Å². The van der Waals surface area contributed by atoms with E-state index in [2.05, 4.69) is 20.4 Å². The van der Waals surface area contributed by atoms with Gasteiger partial charge in [0.2, 0.25) is 17.7 Å². The summed E-state index contributed by atoms with van der Waals surface area (Å²) < 4.78 is 5.46. The molecule has 35 heavy (non-hydrogen) atoms. The minimum absolute atomic E-state index is 0.00878. The fourth-order valence-corrected chi connectivity index (χ4v) is 5.01. The Labute approximate surface area is 204 Å². The number of carbonyl (C=O) groups excluding carboxylic acids is 2. The van der Waals surface area contributed by atoms with E-state index in [1.54, 1.807) is 17.0 Å². The van der Waals surface area contributed by atoms with Crippen molar-refractivity contribution in [2.75, 3.05) is 31.1 Å². The molecule has 1 aliphatic carbocycles. The first kappa shape index (κ1) is 24.6. The van der Waals surface area contributed by atoms with Gasteiger partial charge in [-0.3, -0.25) is 19.7 Å². The van der Waals surface area contributed by atoms with Crippen LogP contribution in [0.4, 0.5) is 11.4 Å². The third-order valence-electron chi connectivity index (χ3n) is 6.86. The standard InChI is InChI=1S/C24H32N6O5/c1-18(31)26-24(11-4-2-3-5-12-24)23-25-21(35-27-23)9-10-22(32)29-15-13-28(14-16-29)19-7-6-8-20(17-19)30(33)34/h6-8,17H,2-5,9-16H2,1H3,(H,26,31). The molecule has 0 radical (unpaired) electrons. The molecule has 2 aliphatic rings. The minimum Gasteiger partial charge on any atom is -0.368 e. The van der Waals surface area contributed by atoms with E-state index < -0.39 is 10.5 Å². The van der Waals surface area contributed by atoms with Crippen LogP contribution in [0.1, 0.15) is 63.6 Å². The number of nitro groups is 1. The highest BCUT2D eigenvalue weighted by molar-refractivity contribution is 5.76. The van der Waals surface area contributed by atoms with Crippen molar-refractivity contribution in [1.29, 1.82) is 0 Å². The van der Waals surface area contributed by atoms with Crippen LogP contribution >= 0.6 is 0 Å². The summed E-state index contributed by atoms with van der Waals surface area (Å²) in [4.78, 5) is 43.7. The highest BCUT2D eigenvalue weighted by Crippen LogP contribution is 2.34. The van der Waals surface area contributed by atoms with Gasteiger partial charge < -0.3 is 19.6 Å². The largest absolute Gasteiger partial charge is 0.368 e. The van der Waals surface area contributed by atoms with Gasteiger partial charge in [0.15, 0.2) is 5.82 Å². The van der Waals surface area contributed by atoms with Gasteiger partial charge in [0.1, 0.15) is 5.54 Å². The molecule has 1 aromatic heterocycles. The number of non-ortho nitro benzene ring substituents is 1. The number of rotatable bonds is 7. The summed E-state index contributed by atoms with van der Waals surface area (Å²) in [5.74, 6) is 0.798. The lowest BCUT2D eigenvalue weighted by molar-refractivity contribution is -0.384. The van der Waals surface area contributed by atoms with Gasteiger partial charge in [-0.25, -0.2) is 0 Å². The Bertz CT molecular complexity index is 1050. The van der Waals surface area contributed by atoms with Crippen molar-refractivity contribution in [1.82, 2.24) is 20.4 Å². The van der Waals surface area contributed by atoms with Gasteiger partial charge in [-0.2, -0.15) is 4.98 Å². The summed E-state index contributed by atoms with van der Waals surface area (Å²) in [7, 11) is 0. The summed E-state index contributed by atoms with van der Waals surface area (Å²) in [5, 5.41) is 18.3. The van der Waals surface area contributed by atoms with Gasteiger partial charge in [-0.05, 0) is 18.9 Å². The number of aromatic nitrogens is 2. The van der Waals surface area contributed by atoms with Crippen molar-refractivity contribution >= 4 is 23.2 Å². The van der Waals surface area contributed by atoms with Crippen molar-refractivity contribution in [2.45, 2.75) is 63.8 Å². The number of anilines is 1. The monoisotopic (exact) mass is 484 g/mol. The van der Waals surface area contributed by atoms with E-state index in [9.17, 15) is 19.7 Å². The Morgan fingerprint density at radius 2 is 1.86 bits per heavy atom. The predicted octanol–water partition coefficient (Wildman–Crippen LogP) is 2.94. The van der Waals surface area contributed by atoms with Crippen molar-refractivity contribution < 1.29 is 19.0 Å². The molecule has 2 amide bonds. The molecule has 2 aromatic rings. The van der Waals surface area contributed by atoms with Crippen molar-refractivity contribution in [3.63, 3.8) is 0 Å². The maximum Gasteiger partial charge on any atom is 0.271 e. The average Bonchev–Trinajstić information content (AvgIpc) is 3.22. The van der Waals surface area contributed by atoms with Crippen LogP contribution < -0.4 is 10.2 Å². The van der Waals surface area contributed by atoms with Crippen LogP contribution in [-0.2, 0) is 21.5 Å². The molecule has 0 spiro atoms. The fraction of sp³-hybridized carbons (Fsp3) is 0.583. The molecular formula is C24H32N6O5. The lowest BCUT2D eigenvalue weighted by Gasteiger charge is -2.36. The van der Waals surface area contributed by atoms with E-state index in [1.165, 1.54) is 13.0 Å². The fourth-order valence-electron chi connectivity index (χ4n) is 5.01. The zero-order valence-corrected chi connectivity index (χ0v) is 20.1. The normalized spacial score (nSPS) is 18.1. The number of nitro benzene ring substituents is 1. The van der Waals surface area contributed by atoms with Crippen LogP contribution in [0, 0.1) is 10.1 Å². The summed E-state index contributed by atoms with van der Waals surface area (Å²) in [6.07, 6.45) is 6.37. The van der Waals surface area contributed by atoms with E-state index in [4.69, 9.17) is 4.52 Å². The number of nitrogens with zero attached hydrogens (tertiary/aromatic N) is 5. The number of amides is 2. The molecule has 188 valence electrons. The average molecular weight is 485 g/mol. The van der Waals surface area contributed by atoms with Gasteiger partial charge in [0.25, 0.3) is 5.69 Å². The second-order valence-electron chi connectivity index (χ2n) is 9.33. The van der Waals surface area contributed by atoms with E-state index in [-0.39, 0.29) is 23.9 Å². The molecule has 4 rings (SSSR count). The molecule has 1 saturated carbocycles. The van der Waals surface area contributed by atoms with Crippen LogP contribution in [0.3, 0.4) is 0 Å². The summed E-state index contributed by atoms with van der Waals surface area (Å²) in [6.45, 7) is 3.81. The second-order valence-corrected chi connectivity index (χ2v) is 9.33. The number of piperazine rings is 1. The summed E-state index contributed by atoms with van der Waals surface area (Å²) >= 11 is 0. The van der Waals surface area contributed by atoms with Crippen LogP contribution in [0.2, 0.25) is 0 Å². The van der Waals surface area contributed by atoms with Crippen molar-refractivity contribution in [3.8, 4) is 0 Å². The Hall–Kier alpha value is -3.50. The maximum absolute atomic E-state index is 12.8. The molecule has 11 nitrogen and oxygen atoms in total. The van der Waals surface area contributed by atoms with E-state index >= 15 is 0 Å². The van der Waals surface area contributed by atoms with Crippen molar-refractivity contribution in [3.05, 3.63) is 46.1 Å². The first-order valence-electron chi connectivity index (χ1n) is 12.3. The molecule has 1 aromatic carbocycles. The number of aryl methyl sites for hydroxylation is 1. The predicted molar refractivity (Wildman–Crippen MR) is 128 cm³/mol. The molecule has 0 bridgehead atoms. The first-order valence-corrected chi connectivity index (χ1v) is 12.3. The van der Waals surface area contributed by atoms with Gasteiger partial charge in [0.05, 0.1) is 4.92 Å². The second kappa shape index (κ2) is 10.8. The smallest absolute Gasteiger partial charge is 0.271 e. The van der Waals surface area contributed by atoms with Crippen molar-refractivity contribution in [2.24, 2.45) is 0 Å². The Balaban J connectivity index is 1.31. The van der Waals surface area contributed by atoms with E-state index in [0.29, 0.717) is 44.3 Å². The zero-order valence-electron chi connectivity index (χ0n) is 20.1. The Kier molecular flexibility index (Phi) is 7.62. The SMILES string of the molecule is CC(=O)NC1(c2noc(CCC(=O)N3CCN(c4cccc([N+](=O)[O-])c4)CC3)n2)CCCCCC1. The van der Waals surface area contributed by atoms with Crippen LogP contribution in [0.25, 0.3) is 0 Å². The third kappa shape index (κ3) is 5.95. The molecule has 1 saturated heterocycles. The molecular weight excluding hydrogens is 452 g/mol.